The van der Waals surface area contributed by atoms with Gasteiger partial charge in [-0.2, -0.15) is 0 Å². The van der Waals surface area contributed by atoms with Gasteiger partial charge in [0.15, 0.2) is 0 Å². The highest BCUT2D eigenvalue weighted by molar-refractivity contribution is 6.33. The number of H-pyrrole nitrogens is 1. The average Bonchev–Trinajstić information content (AvgIpc) is 2.61. The van der Waals surface area contributed by atoms with E-state index in [4.69, 9.17) is 23.2 Å². The minimum absolute atomic E-state index is 0.00918. The lowest BCUT2D eigenvalue weighted by Crippen LogP contribution is -2.50. The smallest absolute Gasteiger partial charge is 0.269 e. The monoisotopic (exact) mass is 275 g/mol. The summed E-state index contributed by atoms with van der Waals surface area (Å²) in [5.74, 6) is -0.194. The predicted octanol–water partition coefficient (Wildman–Crippen LogP) is 1.68. The molecule has 2 heterocycles. The van der Waals surface area contributed by atoms with Crippen molar-refractivity contribution in [1.29, 1.82) is 0 Å². The summed E-state index contributed by atoms with van der Waals surface area (Å²) in [6.07, 6.45) is 0.831. The maximum atomic E-state index is 12.0. The molecule has 1 fully saturated rings. The van der Waals surface area contributed by atoms with Crippen LogP contribution in [0.1, 0.15) is 22.6 Å². The highest BCUT2D eigenvalue weighted by atomic mass is 35.5. The zero-order valence-electron chi connectivity index (χ0n) is 9.52. The molecule has 0 unspecified atom stereocenters. The van der Waals surface area contributed by atoms with Gasteiger partial charge in [0.2, 0.25) is 0 Å². The van der Waals surface area contributed by atoms with Gasteiger partial charge in [0.25, 0.3) is 5.91 Å². The molecule has 1 aromatic heterocycles. The molecule has 94 valence electrons. The van der Waals surface area contributed by atoms with Gasteiger partial charge in [-0.3, -0.25) is 4.79 Å². The van der Waals surface area contributed by atoms with E-state index in [-0.39, 0.29) is 17.3 Å². The standard InChI is InChI=1S/C11H15Cl2N3O/c1-6-4-7(12)10(15-6)11(17)16-9-2-3-14-5-8(9)13/h4,8-9,14-15H,2-3,5H2,1H3,(H,16,17)/t8-,9+/m0/s1. The van der Waals surface area contributed by atoms with E-state index in [1.165, 1.54) is 0 Å². The zero-order chi connectivity index (χ0) is 12.4. The maximum Gasteiger partial charge on any atom is 0.269 e. The second-order valence-electron chi connectivity index (χ2n) is 4.26. The molecule has 1 aliphatic heterocycles. The number of piperidine rings is 1. The van der Waals surface area contributed by atoms with Crippen LogP contribution >= 0.6 is 23.2 Å². The summed E-state index contributed by atoms with van der Waals surface area (Å²) in [6.45, 7) is 3.44. The number of nitrogens with one attached hydrogen (secondary N) is 3. The first kappa shape index (κ1) is 12.7. The molecule has 1 aliphatic rings. The zero-order valence-corrected chi connectivity index (χ0v) is 11.0. The van der Waals surface area contributed by atoms with Crippen LogP contribution in [0.2, 0.25) is 5.02 Å². The van der Waals surface area contributed by atoms with Crippen LogP contribution < -0.4 is 10.6 Å². The highest BCUT2D eigenvalue weighted by Crippen LogP contribution is 2.18. The molecule has 4 nitrogen and oxygen atoms in total. The van der Waals surface area contributed by atoms with E-state index in [1.807, 2.05) is 6.92 Å². The minimum atomic E-state index is -0.194. The van der Waals surface area contributed by atoms with E-state index in [0.29, 0.717) is 17.3 Å². The number of halogens is 2. The molecular formula is C11H15Cl2N3O. The van der Waals surface area contributed by atoms with Crippen molar-refractivity contribution in [3.63, 3.8) is 0 Å². The number of aromatic nitrogens is 1. The van der Waals surface area contributed by atoms with Crippen molar-refractivity contribution in [3.05, 3.63) is 22.5 Å². The van der Waals surface area contributed by atoms with Gasteiger partial charge in [0, 0.05) is 18.3 Å². The second-order valence-corrected chi connectivity index (χ2v) is 5.23. The Balaban J connectivity index is 2.03. The number of hydrogen-bond acceptors (Lipinski definition) is 2. The summed E-state index contributed by atoms with van der Waals surface area (Å²) < 4.78 is 0. The van der Waals surface area contributed by atoms with Crippen molar-refractivity contribution in [2.75, 3.05) is 13.1 Å². The summed E-state index contributed by atoms with van der Waals surface area (Å²) >= 11 is 12.1. The van der Waals surface area contributed by atoms with E-state index in [0.717, 1.165) is 18.7 Å². The number of carbonyl (C=O) groups is 1. The first-order valence-electron chi connectivity index (χ1n) is 5.58. The topological polar surface area (TPSA) is 56.9 Å². The molecule has 17 heavy (non-hydrogen) atoms. The molecule has 1 aromatic rings. The molecule has 0 bridgehead atoms. The molecule has 3 N–H and O–H groups in total. The number of amides is 1. The van der Waals surface area contributed by atoms with E-state index < -0.39 is 0 Å². The van der Waals surface area contributed by atoms with Crippen LogP contribution in [0.25, 0.3) is 0 Å². The molecule has 2 rings (SSSR count). The molecular weight excluding hydrogens is 261 g/mol. The Kier molecular flexibility index (Phi) is 3.97. The molecule has 0 saturated carbocycles. The number of carbonyl (C=O) groups excluding carboxylic acids is 1. The fourth-order valence-electron chi connectivity index (χ4n) is 1.94. The van der Waals surface area contributed by atoms with Gasteiger partial charge in [-0.15, -0.1) is 11.6 Å². The fraction of sp³-hybridized carbons (Fsp3) is 0.545. The summed E-state index contributed by atoms with van der Waals surface area (Å²) in [5.41, 5.74) is 1.28. The van der Waals surface area contributed by atoms with Gasteiger partial charge in [-0.05, 0) is 26.0 Å². The van der Waals surface area contributed by atoms with Crippen LogP contribution in [0.4, 0.5) is 0 Å². The first-order chi connectivity index (χ1) is 8.08. The van der Waals surface area contributed by atoms with Crippen LogP contribution in [0.3, 0.4) is 0 Å². The van der Waals surface area contributed by atoms with E-state index in [1.54, 1.807) is 6.07 Å². The van der Waals surface area contributed by atoms with E-state index in [9.17, 15) is 4.79 Å². The molecule has 6 heteroatoms. The minimum Gasteiger partial charge on any atom is -0.353 e. The Hall–Kier alpha value is -0.710. The van der Waals surface area contributed by atoms with Crippen LogP contribution in [0.15, 0.2) is 6.07 Å². The number of alkyl halides is 1. The number of aryl methyl sites for hydroxylation is 1. The number of aromatic amines is 1. The Labute approximate surface area is 110 Å². The van der Waals surface area contributed by atoms with Gasteiger partial charge >= 0.3 is 0 Å². The lowest BCUT2D eigenvalue weighted by Gasteiger charge is -2.28. The molecule has 1 saturated heterocycles. The van der Waals surface area contributed by atoms with E-state index in [2.05, 4.69) is 15.6 Å². The molecule has 0 aromatic carbocycles. The van der Waals surface area contributed by atoms with Gasteiger partial charge in [-0.25, -0.2) is 0 Å². The lowest BCUT2D eigenvalue weighted by atomic mass is 10.1. The summed E-state index contributed by atoms with van der Waals surface area (Å²) in [5, 5.41) is 6.45. The normalized spacial score (nSPS) is 24.6. The Bertz CT molecular complexity index is 419. The largest absolute Gasteiger partial charge is 0.353 e. The van der Waals surface area contributed by atoms with Crippen LogP contribution in [-0.4, -0.2) is 35.4 Å². The molecule has 0 radical (unpaired) electrons. The maximum absolute atomic E-state index is 12.0. The first-order valence-corrected chi connectivity index (χ1v) is 6.40. The SMILES string of the molecule is Cc1cc(Cl)c(C(=O)N[C@@H]2CCNC[C@@H]2Cl)[nH]1. The van der Waals surface area contributed by atoms with Crippen LogP contribution in [0.5, 0.6) is 0 Å². The third-order valence-electron chi connectivity index (χ3n) is 2.86. The van der Waals surface area contributed by atoms with Gasteiger partial charge < -0.3 is 15.6 Å². The van der Waals surface area contributed by atoms with Crippen molar-refractivity contribution in [2.45, 2.75) is 24.8 Å². The predicted molar refractivity (Wildman–Crippen MR) is 68.9 cm³/mol. The Morgan fingerprint density at radius 3 is 2.94 bits per heavy atom. The van der Waals surface area contributed by atoms with Crippen molar-refractivity contribution in [3.8, 4) is 0 Å². The molecule has 0 aliphatic carbocycles. The fourth-order valence-corrected chi connectivity index (χ4v) is 2.54. The van der Waals surface area contributed by atoms with Crippen LogP contribution in [0, 0.1) is 6.92 Å². The molecule has 0 spiro atoms. The van der Waals surface area contributed by atoms with Crippen molar-refractivity contribution < 1.29 is 4.79 Å². The molecule has 1 amide bonds. The summed E-state index contributed by atoms with van der Waals surface area (Å²) in [4.78, 5) is 14.9. The van der Waals surface area contributed by atoms with Crippen molar-refractivity contribution >= 4 is 29.1 Å². The number of hydrogen-bond donors (Lipinski definition) is 3. The second kappa shape index (κ2) is 5.29. The van der Waals surface area contributed by atoms with Crippen LogP contribution in [-0.2, 0) is 0 Å². The van der Waals surface area contributed by atoms with E-state index >= 15 is 0 Å². The lowest BCUT2D eigenvalue weighted by molar-refractivity contribution is 0.0926. The average molecular weight is 276 g/mol. The third-order valence-corrected chi connectivity index (χ3v) is 3.61. The summed E-state index contributed by atoms with van der Waals surface area (Å²) in [7, 11) is 0. The van der Waals surface area contributed by atoms with Crippen molar-refractivity contribution in [2.24, 2.45) is 0 Å². The van der Waals surface area contributed by atoms with Gasteiger partial charge in [0.1, 0.15) is 5.69 Å². The quantitative estimate of drug-likeness (QED) is 0.720. The third kappa shape index (κ3) is 2.94. The van der Waals surface area contributed by atoms with Gasteiger partial charge in [0.05, 0.1) is 10.4 Å². The van der Waals surface area contributed by atoms with Crippen molar-refractivity contribution in [1.82, 2.24) is 15.6 Å². The summed E-state index contributed by atoms with van der Waals surface area (Å²) in [6, 6.07) is 1.72. The Morgan fingerprint density at radius 2 is 2.35 bits per heavy atom. The molecule has 2 atom stereocenters. The highest BCUT2D eigenvalue weighted by Gasteiger charge is 2.25. The Morgan fingerprint density at radius 1 is 1.59 bits per heavy atom. The van der Waals surface area contributed by atoms with Gasteiger partial charge in [-0.1, -0.05) is 11.6 Å². The number of rotatable bonds is 2.